The highest BCUT2D eigenvalue weighted by molar-refractivity contribution is 5.85. The van der Waals surface area contributed by atoms with E-state index in [1.807, 2.05) is 30.3 Å². The van der Waals surface area contributed by atoms with E-state index in [1.165, 1.54) is 4.90 Å². The molecule has 2 N–H and O–H groups in total. The first-order valence-electron chi connectivity index (χ1n) is 9.00. The Morgan fingerprint density at radius 2 is 1.85 bits per heavy atom. The van der Waals surface area contributed by atoms with Gasteiger partial charge in [-0.1, -0.05) is 12.1 Å². The Balaban J connectivity index is 1.76. The fourth-order valence-corrected chi connectivity index (χ4v) is 3.46. The van der Waals surface area contributed by atoms with Crippen LogP contribution < -0.4 is 15.3 Å². The first kappa shape index (κ1) is 17.6. The molecule has 2 heterocycles. The zero-order valence-electron chi connectivity index (χ0n) is 15.2. The molecule has 6 nitrogen and oxygen atoms in total. The van der Waals surface area contributed by atoms with Crippen LogP contribution in [0.15, 0.2) is 51.7 Å². The number of phenols is 1. The molecule has 1 aromatic heterocycles. The molecule has 1 aliphatic rings. The molecule has 0 amide bonds. The summed E-state index contributed by atoms with van der Waals surface area (Å²) in [6.45, 7) is 3.73. The van der Waals surface area contributed by atoms with Crippen LogP contribution in [0.4, 0.5) is 0 Å². The number of hydrogen-bond donors (Lipinski definition) is 2. The van der Waals surface area contributed by atoms with Gasteiger partial charge in [0.25, 0.3) is 0 Å². The molecule has 0 saturated carbocycles. The summed E-state index contributed by atoms with van der Waals surface area (Å²) in [5.74, 6) is 0.881. The second-order valence-electron chi connectivity index (χ2n) is 6.70. The molecular formula is C21H22NO5+. The highest BCUT2D eigenvalue weighted by Crippen LogP contribution is 2.29. The Labute approximate surface area is 156 Å². The van der Waals surface area contributed by atoms with Crippen molar-refractivity contribution in [2.24, 2.45) is 0 Å². The van der Waals surface area contributed by atoms with Gasteiger partial charge in [0.05, 0.1) is 31.5 Å². The van der Waals surface area contributed by atoms with Crippen LogP contribution in [0.3, 0.4) is 0 Å². The normalized spacial score (nSPS) is 15.1. The maximum atomic E-state index is 12.6. The monoisotopic (exact) mass is 368 g/mol. The Kier molecular flexibility index (Phi) is 4.83. The summed E-state index contributed by atoms with van der Waals surface area (Å²) >= 11 is 0. The number of aromatic hydroxyl groups is 1. The molecule has 1 aliphatic heterocycles. The van der Waals surface area contributed by atoms with Crippen LogP contribution in [0, 0.1) is 0 Å². The molecule has 2 aromatic carbocycles. The highest BCUT2D eigenvalue weighted by Gasteiger charge is 2.20. The number of benzene rings is 2. The molecule has 0 unspecified atom stereocenters. The number of morpholine rings is 1. The van der Waals surface area contributed by atoms with E-state index in [0.717, 1.165) is 29.8 Å². The Morgan fingerprint density at radius 1 is 1.11 bits per heavy atom. The molecule has 140 valence electrons. The summed E-state index contributed by atoms with van der Waals surface area (Å²) in [4.78, 5) is 13.9. The summed E-state index contributed by atoms with van der Waals surface area (Å²) < 4.78 is 16.2. The van der Waals surface area contributed by atoms with Crippen molar-refractivity contribution < 1.29 is 23.9 Å². The van der Waals surface area contributed by atoms with Crippen molar-refractivity contribution in [3.05, 3.63) is 58.4 Å². The van der Waals surface area contributed by atoms with E-state index in [-0.39, 0.29) is 5.75 Å². The number of ether oxygens (including phenoxy) is 2. The lowest BCUT2D eigenvalue weighted by Gasteiger charge is -2.24. The van der Waals surface area contributed by atoms with Crippen LogP contribution in [0.2, 0.25) is 0 Å². The molecule has 27 heavy (non-hydrogen) atoms. The lowest BCUT2D eigenvalue weighted by atomic mass is 10.0. The highest BCUT2D eigenvalue weighted by atomic mass is 16.5. The minimum absolute atomic E-state index is 0.154. The van der Waals surface area contributed by atoms with E-state index in [4.69, 9.17) is 13.9 Å². The number of quaternary nitrogens is 1. The molecule has 0 atom stereocenters. The number of rotatable bonds is 4. The average molecular weight is 368 g/mol. The predicted octanol–water partition coefficient (Wildman–Crippen LogP) is 1.59. The van der Waals surface area contributed by atoms with Crippen LogP contribution in [-0.2, 0) is 11.3 Å². The van der Waals surface area contributed by atoms with Gasteiger partial charge in [0, 0.05) is 5.39 Å². The summed E-state index contributed by atoms with van der Waals surface area (Å²) in [5, 5.41) is 11.1. The Morgan fingerprint density at radius 3 is 2.56 bits per heavy atom. The Bertz CT molecular complexity index is 1000. The van der Waals surface area contributed by atoms with Gasteiger partial charge in [0.2, 0.25) is 0 Å². The summed E-state index contributed by atoms with van der Waals surface area (Å²) in [6, 6.07) is 12.5. The van der Waals surface area contributed by atoms with Gasteiger partial charge < -0.3 is 23.9 Å². The van der Waals surface area contributed by atoms with Crippen molar-refractivity contribution >= 4 is 11.0 Å². The molecule has 4 rings (SSSR count). The lowest BCUT2D eigenvalue weighted by Crippen LogP contribution is -3.12. The van der Waals surface area contributed by atoms with E-state index < -0.39 is 5.63 Å². The topological polar surface area (TPSA) is 73.3 Å². The third-order valence-corrected chi connectivity index (χ3v) is 5.01. The number of fused-ring (bicyclic) bond motifs is 1. The zero-order chi connectivity index (χ0) is 18.8. The smallest absolute Gasteiger partial charge is 0.344 e. The number of hydrogen-bond acceptors (Lipinski definition) is 5. The SMILES string of the molecule is COc1ccc(-c2cc3ccc(O)c(C[NH+]4CCOCC4)c3oc2=O)cc1. The third kappa shape index (κ3) is 3.54. The van der Waals surface area contributed by atoms with Crippen molar-refractivity contribution in [3.63, 3.8) is 0 Å². The molecule has 1 fully saturated rings. The minimum atomic E-state index is -0.420. The van der Waals surface area contributed by atoms with Gasteiger partial charge in [-0.3, -0.25) is 0 Å². The number of phenolic OH excluding ortho intramolecular Hbond substituents is 1. The first-order valence-corrected chi connectivity index (χ1v) is 9.00. The molecule has 3 aromatic rings. The van der Waals surface area contributed by atoms with E-state index in [9.17, 15) is 9.90 Å². The lowest BCUT2D eigenvalue weighted by molar-refractivity contribution is -0.921. The molecule has 0 radical (unpaired) electrons. The van der Waals surface area contributed by atoms with Gasteiger partial charge in [-0.05, 0) is 35.9 Å². The van der Waals surface area contributed by atoms with Gasteiger partial charge in [0.15, 0.2) is 5.58 Å². The van der Waals surface area contributed by atoms with Gasteiger partial charge >= 0.3 is 5.63 Å². The van der Waals surface area contributed by atoms with E-state index in [0.29, 0.717) is 36.5 Å². The molecule has 0 spiro atoms. The van der Waals surface area contributed by atoms with Crippen LogP contribution in [0.1, 0.15) is 5.56 Å². The van der Waals surface area contributed by atoms with Crippen molar-refractivity contribution in [1.82, 2.24) is 0 Å². The fraction of sp³-hybridized carbons (Fsp3) is 0.286. The van der Waals surface area contributed by atoms with Crippen LogP contribution >= 0.6 is 0 Å². The molecular weight excluding hydrogens is 346 g/mol. The van der Waals surface area contributed by atoms with Gasteiger partial charge in [0.1, 0.15) is 31.1 Å². The van der Waals surface area contributed by atoms with Gasteiger partial charge in [-0.15, -0.1) is 0 Å². The van der Waals surface area contributed by atoms with Crippen molar-refractivity contribution in [1.29, 1.82) is 0 Å². The van der Waals surface area contributed by atoms with Crippen LogP contribution in [0.5, 0.6) is 11.5 Å². The van der Waals surface area contributed by atoms with E-state index in [2.05, 4.69) is 0 Å². The summed E-state index contributed by atoms with van der Waals surface area (Å²) in [6.07, 6.45) is 0. The van der Waals surface area contributed by atoms with Crippen molar-refractivity contribution in [2.45, 2.75) is 6.54 Å². The van der Waals surface area contributed by atoms with Gasteiger partial charge in [-0.25, -0.2) is 4.79 Å². The quantitative estimate of drug-likeness (QED) is 0.684. The van der Waals surface area contributed by atoms with Crippen molar-refractivity contribution in [3.8, 4) is 22.6 Å². The molecule has 0 bridgehead atoms. The summed E-state index contributed by atoms with van der Waals surface area (Å²) in [5.41, 5.74) is 1.95. The maximum Gasteiger partial charge on any atom is 0.344 e. The molecule has 1 saturated heterocycles. The van der Waals surface area contributed by atoms with Crippen LogP contribution in [0.25, 0.3) is 22.1 Å². The van der Waals surface area contributed by atoms with E-state index in [1.54, 1.807) is 19.2 Å². The zero-order valence-corrected chi connectivity index (χ0v) is 15.2. The molecule has 6 heteroatoms. The number of methoxy groups -OCH3 is 1. The van der Waals surface area contributed by atoms with E-state index >= 15 is 0 Å². The maximum absolute atomic E-state index is 12.6. The average Bonchev–Trinajstić information content (AvgIpc) is 2.71. The van der Waals surface area contributed by atoms with Crippen LogP contribution in [-0.4, -0.2) is 38.5 Å². The first-order chi connectivity index (χ1) is 13.2. The third-order valence-electron chi connectivity index (χ3n) is 5.01. The fourth-order valence-electron chi connectivity index (χ4n) is 3.46. The standard InChI is InChI=1S/C21H21NO5/c1-25-16-5-2-14(3-6-16)17-12-15-4-7-19(23)18(20(15)27-21(17)24)13-22-8-10-26-11-9-22/h2-7,12,23H,8-11,13H2,1H3/p+1. The molecule has 0 aliphatic carbocycles. The Hall–Kier alpha value is -2.83. The predicted molar refractivity (Wildman–Crippen MR) is 101 cm³/mol. The second-order valence-corrected chi connectivity index (χ2v) is 6.70. The largest absolute Gasteiger partial charge is 0.507 e. The minimum Gasteiger partial charge on any atom is -0.507 e. The van der Waals surface area contributed by atoms with Gasteiger partial charge in [-0.2, -0.15) is 0 Å². The summed E-state index contributed by atoms with van der Waals surface area (Å²) in [7, 11) is 1.60. The number of nitrogens with one attached hydrogen (secondary N) is 1. The van der Waals surface area contributed by atoms with Crippen molar-refractivity contribution in [2.75, 3.05) is 33.4 Å². The second kappa shape index (κ2) is 7.42.